The topological polar surface area (TPSA) is 94.1 Å². The number of carbonyl (C=O) groups excluding carboxylic acids is 2. The number of aliphatic hydroxyl groups is 1. The molecule has 1 aliphatic rings. The lowest BCUT2D eigenvalue weighted by molar-refractivity contribution is -0.220. The van der Waals surface area contributed by atoms with Crippen molar-refractivity contribution in [1.82, 2.24) is 20.6 Å². The molecule has 1 atom stereocenters. The van der Waals surface area contributed by atoms with E-state index in [0.29, 0.717) is 11.7 Å². The summed E-state index contributed by atoms with van der Waals surface area (Å²) in [5.74, 6) is -0.960. The lowest BCUT2D eigenvalue weighted by Crippen LogP contribution is -2.39. The predicted molar refractivity (Wildman–Crippen MR) is 114 cm³/mol. The lowest BCUT2D eigenvalue weighted by Gasteiger charge is -2.19. The van der Waals surface area contributed by atoms with E-state index in [1.165, 1.54) is 0 Å². The highest BCUT2D eigenvalue weighted by atomic mass is 32.1. The average Bonchev–Trinajstić information content (AvgIpc) is 3.02. The van der Waals surface area contributed by atoms with Crippen LogP contribution >= 0.6 is 12.2 Å². The Labute approximate surface area is 177 Å². The molecule has 0 aliphatic carbocycles. The van der Waals surface area contributed by atoms with Gasteiger partial charge < -0.3 is 25.5 Å². The number of likely N-dealkylation sites (N-methyl/N-ethyl adjacent to an activating group) is 1. The van der Waals surface area contributed by atoms with Gasteiger partial charge in [0.05, 0.1) is 6.42 Å². The van der Waals surface area contributed by atoms with Gasteiger partial charge in [-0.3, -0.25) is 4.79 Å². The van der Waals surface area contributed by atoms with Gasteiger partial charge in [0.25, 0.3) is 5.91 Å². The second-order valence-electron chi connectivity index (χ2n) is 6.83. The summed E-state index contributed by atoms with van der Waals surface area (Å²) >= 11 is 5.29. The van der Waals surface area contributed by atoms with Gasteiger partial charge in [-0.15, -0.1) is 5.06 Å². The summed E-state index contributed by atoms with van der Waals surface area (Å²) in [4.78, 5) is 30.8. The first-order valence-electron chi connectivity index (χ1n) is 9.95. The molecular formula is C20H30N4O4S. The molecule has 2 rings (SSSR count). The molecule has 1 aromatic rings. The Morgan fingerprint density at radius 3 is 2.48 bits per heavy atom. The number of benzene rings is 1. The summed E-state index contributed by atoms with van der Waals surface area (Å²) in [7, 11) is 0. The number of carbonyl (C=O) groups is 2. The fourth-order valence-corrected chi connectivity index (χ4v) is 3.13. The van der Waals surface area contributed by atoms with Crippen LogP contribution in [0.1, 0.15) is 37.8 Å². The van der Waals surface area contributed by atoms with Crippen LogP contribution in [0.4, 0.5) is 0 Å². The van der Waals surface area contributed by atoms with Gasteiger partial charge in [0.1, 0.15) is 0 Å². The van der Waals surface area contributed by atoms with E-state index in [4.69, 9.17) is 17.1 Å². The van der Waals surface area contributed by atoms with E-state index < -0.39 is 12.2 Å². The Bertz CT molecular complexity index is 694. The molecule has 1 aliphatic heterocycles. The number of nitrogens with zero attached hydrogens (tertiary/aromatic N) is 2. The minimum atomic E-state index is -1.05. The summed E-state index contributed by atoms with van der Waals surface area (Å²) in [5, 5.41) is 17.4. The molecule has 0 saturated carbocycles. The summed E-state index contributed by atoms with van der Waals surface area (Å²) in [6, 6.07) is 7.47. The molecule has 9 heteroatoms. The largest absolute Gasteiger partial charge is 0.370 e. The van der Waals surface area contributed by atoms with E-state index in [1.807, 2.05) is 24.3 Å². The zero-order valence-electron chi connectivity index (χ0n) is 17.0. The van der Waals surface area contributed by atoms with Crippen LogP contribution in [0.25, 0.3) is 0 Å². The predicted octanol–water partition coefficient (Wildman–Crippen LogP) is 0.934. The maximum atomic E-state index is 12.0. The molecule has 8 nitrogen and oxygen atoms in total. The molecule has 29 heavy (non-hydrogen) atoms. The third kappa shape index (κ3) is 7.60. The lowest BCUT2D eigenvalue weighted by atomic mass is 10.1. The van der Waals surface area contributed by atoms with Crippen molar-refractivity contribution in [2.45, 2.75) is 45.9 Å². The maximum absolute atomic E-state index is 12.0. The zero-order valence-corrected chi connectivity index (χ0v) is 17.8. The Balaban J connectivity index is 1.70. The fourth-order valence-electron chi connectivity index (χ4n) is 2.95. The Morgan fingerprint density at radius 1 is 1.24 bits per heavy atom. The highest BCUT2D eigenvalue weighted by Gasteiger charge is 2.32. The first kappa shape index (κ1) is 23.1. The number of hydrogen-bond donors (Lipinski definition) is 3. The molecule has 1 unspecified atom stereocenters. The van der Waals surface area contributed by atoms with Gasteiger partial charge in [0, 0.05) is 32.5 Å². The van der Waals surface area contributed by atoms with Crippen LogP contribution in [0.3, 0.4) is 0 Å². The molecular weight excluding hydrogens is 392 g/mol. The van der Waals surface area contributed by atoms with Gasteiger partial charge >= 0.3 is 5.97 Å². The zero-order chi connectivity index (χ0) is 21.2. The van der Waals surface area contributed by atoms with Crippen molar-refractivity contribution in [3.8, 4) is 0 Å². The molecule has 3 N–H and O–H groups in total. The van der Waals surface area contributed by atoms with E-state index in [9.17, 15) is 14.7 Å². The molecule has 1 aromatic carbocycles. The van der Waals surface area contributed by atoms with Crippen molar-refractivity contribution < 1.29 is 19.5 Å². The van der Waals surface area contributed by atoms with Crippen molar-refractivity contribution in [3.05, 3.63) is 35.4 Å². The van der Waals surface area contributed by atoms with Crippen molar-refractivity contribution in [2.24, 2.45) is 0 Å². The second-order valence-corrected chi connectivity index (χ2v) is 7.24. The minimum absolute atomic E-state index is 0.0233. The smallest absolute Gasteiger partial charge is 0.337 e. The highest BCUT2D eigenvalue weighted by molar-refractivity contribution is 7.80. The highest BCUT2D eigenvalue weighted by Crippen LogP contribution is 2.17. The van der Waals surface area contributed by atoms with E-state index in [-0.39, 0.29) is 25.2 Å². The Kier molecular flexibility index (Phi) is 9.30. The van der Waals surface area contributed by atoms with Crippen LogP contribution < -0.4 is 10.6 Å². The molecule has 1 amide bonds. The normalized spacial score (nSPS) is 16.2. The number of hydrogen-bond acceptors (Lipinski definition) is 6. The number of hydroxylamine groups is 2. The fraction of sp³-hybridized carbons (Fsp3) is 0.550. The first-order chi connectivity index (χ1) is 13.9. The van der Waals surface area contributed by atoms with Crippen LogP contribution in [0.5, 0.6) is 0 Å². The molecule has 160 valence electrons. The van der Waals surface area contributed by atoms with Crippen LogP contribution in [-0.2, 0) is 27.4 Å². The number of nitrogens with one attached hydrogen (secondary N) is 2. The quantitative estimate of drug-likeness (QED) is 0.480. The van der Waals surface area contributed by atoms with Crippen molar-refractivity contribution in [3.63, 3.8) is 0 Å². The van der Waals surface area contributed by atoms with Crippen LogP contribution in [0.2, 0.25) is 0 Å². The Hall–Kier alpha value is -2.23. The van der Waals surface area contributed by atoms with E-state index in [2.05, 4.69) is 29.4 Å². The SMILES string of the molecule is CCN(CC)CCNC(=S)NCc1ccc(CC(=O)ON2C(=O)CCC2O)cc1. The van der Waals surface area contributed by atoms with Crippen LogP contribution in [0.15, 0.2) is 24.3 Å². The molecule has 1 heterocycles. The van der Waals surface area contributed by atoms with Crippen molar-refractivity contribution >= 4 is 29.2 Å². The van der Waals surface area contributed by atoms with Gasteiger partial charge in [0.2, 0.25) is 0 Å². The molecule has 0 radical (unpaired) electrons. The Morgan fingerprint density at radius 2 is 1.90 bits per heavy atom. The molecule has 0 aromatic heterocycles. The van der Waals surface area contributed by atoms with E-state index in [0.717, 1.165) is 42.4 Å². The number of amides is 1. The minimum Gasteiger partial charge on any atom is -0.370 e. The summed E-state index contributed by atoms with van der Waals surface area (Å²) in [6.45, 7) is 8.64. The maximum Gasteiger partial charge on any atom is 0.337 e. The summed E-state index contributed by atoms with van der Waals surface area (Å²) < 4.78 is 0. The first-order valence-corrected chi connectivity index (χ1v) is 10.4. The van der Waals surface area contributed by atoms with Gasteiger partial charge in [-0.2, -0.15) is 0 Å². The number of aliphatic hydroxyl groups excluding tert-OH is 1. The summed E-state index contributed by atoms with van der Waals surface area (Å²) in [5.41, 5.74) is 1.79. The average molecular weight is 423 g/mol. The van der Waals surface area contributed by atoms with Gasteiger partial charge in [-0.25, -0.2) is 4.79 Å². The number of thiocarbonyl (C=S) groups is 1. The van der Waals surface area contributed by atoms with Crippen LogP contribution in [0, 0.1) is 0 Å². The molecule has 1 saturated heterocycles. The van der Waals surface area contributed by atoms with Crippen molar-refractivity contribution in [2.75, 3.05) is 26.2 Å². The third-order valence-corrected chi connectivity index (χ3v) is 5.05. The monoisotopic (exact) mass is 422 g/mol. The van der Waals surface area contributed by atoms with E-state index in [1.54, 1.807) is 0 Å². The van der Waals surface area contributed by atoms with Gasteiger partial charge in [-0.05, 0) is 36.4 Å². The van der Waals surface area contributed by atoms with Crippen LogP contribution in [-0.4, -0.2) is 64.5 Å². The standard InChI is InChI=1S/C20H30N4O4S/c1-3-23(4-2)12-11-21-20(29)22-14-16-7-5-15(6-8-16)13-19(27)28-24-17(25)9-10-18(24)26/h5-8,17,25H,3-4,9-14H2,1-2H3,(H2,21,22,29). The van der Waals surface area contributed by atoms with Gasteiger partial charge in [-0.1, -0.05) is 38.1 Å². The van der Waals surface area contributed by atoms with Gasteiger partial charge in [0.15, 0.2) is 11.3 Å². The number of rotatable bonds is 10. The van der Waals surface area contributed by atoms with Crippen molar-refractivity contribution in [1.29, 1.82) is 0 Å². The summed E-state index contributed by atoms with van der Waals surface area (Å²) in [6.07, 6.45) is -0.568. The third-order valence-electron chi connectivity index (χ3n) is 4.77. The second kappa shape index (κ2) is 11.7. The molecule has 1 fully saturated rings. The van der Waals surface area contributed by atoms with E-state index >= 15 is 0 Å². The molecule has 0 bridgehead atoms. The molecule has 0 spiro atoms.